The van der Waals surface area contributed by atoms with Gasteiger partial charge in [0.25, 0.3) is 5.91 Å². The van der Waals surface area contributed by atoms with E-state index in [2.05, 4.69) is 10.3 Å². The summed E-state index contributed by atoms with van der Waals surface area (Å²) in [5, 5.41) is 5.37. The summed E-state index contributed by atoms with van der Waals surface area (Å²) in [6.07, 6.45) is 2.35. The van der Waals surface area contributed by atoms with Crippen LogP contribution in [0.5, 0.6) is 0 Å². The third kappa shape index (κ3) is 4.53. The number of hydrogen-bond donors (Lipinski definition) is 1. The van der Waals surface area contributed by atoms with Crippen LogP contribution in [0.1, 0.15) is 30.6 Å². The van der Waals surface area contributed by atoms with Gasteiger partial charge in [-0.05, 0) is 25.5 Å². The van der Waals surface area contributed by atoms with Gasteiger partial charge >= 0.3 is 0 Å². The van der Waals surface area contributed by atoms with E-state index in [0.29, 0.717) is 15.7 Å². The van der Waals surface area contributed by atoms with Gasteiger partial charge in [-0.2, -0.15) is 0 Å². The number of rotatable bonds is 6. The lowest BCUT2D eigenvalue weighted by Crippen LogP contribution is -2.43. The minimum Gasteiger partial charge on any atom is -0.327 e. The number of halogens is 1. The Hall–Kier alpha value is -1.92. The van der Waals surface area contributed by atoms with Crippen molar-refractivity contribution in [2.75, 3.05) is 11.9 Å². The summed E-state index contributed by atoms with van der Waals surface area (Å²) < 4.78 is 0. The Bertz CT molecular complexity index is 676. The van der Waals surface area contributed by atoms with Crippen molar-refractivity contribution in [2.45, 2.75) is 26.3 Å². The first-order chi connectivity index (χ1) is 11.0. The lowest BCUT2D eigenvalue weighted by Gasteiger charge is -2.28. The summed E-state index contributed by atoms with van der Waals surface area (Å²) in [6, 6.07) is 6.77. The number of benzene rings is 1. The third-order valence-corrected chi connectivity index (χ3v) is 4.50. The van der Waals surface area contributed by atoms with E-state index in [4.69, 9.17) is 11.6 Å². The minimum absolute atomic E-state index is 0.0430. The Morgan fingerprint density at radius 2 is 2.13 bits per heavy atom. The molecule has 1 aromatic heterocycles. The fourth-order valence-corrected chi connectivity index (χ4v) is 2.80. The molecule has 0 saturated heterocycles. The Kier molecular flexibility index (Phi) is 6.12. The smallest absolute Gasteiger partial charge is 0.256 e. The SMILES string of the molecule is CC[C@@H](C)N(CC(=O)Nc1nccs1)C(=O)c1ccccc1Cl. The highest BCUT2D eigenvalue weighted by Gasteiger charge is 2.24. The van der Waals surface area contributed by atoms with Crippen LogP contribution in [-0.4, -0.2) is 34.3 Å². The van der Waals surface area contributed by atoms with Gasteiger partial charge in [0, 0.05) is 17.6 Å². The number of anilines is 1. The molecule has 0 radical (unpaired) electrons. The third-order valence-electron chi connectivity index (χ3n) is 3.48. The van der Waals surface area contributed by atoms with Crippen molar-refractivity contribution in [2.24, 2.45) is 0 Å². The molecule has 1 N–H and O–H groups in total. The Labute approximate surface area is 144 Å². The quantitative estimate of drug-likeness (QED) is 0.863. The van der Waals surface area contributed by atoms with E-state index in [1.54, 1.807) is 35.8 Å². The summed E-state index contributed by atoms with van der Waals surface area (Å²) in [5.74, 6) is -0.528. The number of aromatic nitrogens is 1. The van der Waals surface area contributed by atoms with Crippen LogP contribution in [0.4, 0.5) is 5.13 Å². The van der Waals surface area contributed by atoms with Crippen LogP contribution in [0.2, 0.25) is 5.02 Å². The lowest BCUT2D eigenvalue weighted by atomic mass is 10.1. The molecule has 2 aromatic rings. The number of carbonyl (C=O) groups excluding carboxylic acids is 2. The maximum Gasteiger partial charge on any atom is 0.256 e. The summed E-state index contributed by atoms with van der Waals surface area (Å²) in [5.41, 5.74) is 0.400. The fraction of sp³-hybridized carbons (Fsp3) is 0.312. The lowest BCUT2D eigenvalue weighted by molar-refractivity contribution is -0.117. The second-order valence-corrected chi connectivity index (χ2v) is 6.36. The molecule has 2 amide bonds. The second kappa shape index (κ2) is 8.08. The molecule has 0 fully saturated rings. The van der Waals surface area contributed by atoms with Crippen LogP contribution in [0.25, 0.3) is 0 Å². The van der Waals surface area contributed by atoms with E-state index in [1.807, 2.05) is 13.8 Å². The summed E-state index contributed by atoms with van der Waals surface area (Å²) in [6.45, 7) is 3.83. The number of nitrogens with one attached hydrogen (secondary N) is 1. The van der Waals surface area contributed by atoms with Crippen molar-refractivity contribution in [3.05, 3.63) is 46.4 Å². The van der Waals surface area contributed by atoms with Gasteiger partial charge in [0.2, 0.25) is 5.91 Å². The molecule has 2 rings (SSSR count). The number of amides is 2. The van der Waals surface area contributed by atoms with Crippen LogP contribution in [0, 0.1) is 0 Å². The molecule has 23 heavy (non-hydrogen) atoms. The summed E-state index contributed by atoms with van der Waals surface area (Å²) >= 11 is 7.44. The number of hydrogen-bond acceptors (Lipinski definition) is 4. The van der Waals surface area contributed by atoms with E-state index < -0.39 is 0 Å². The van der Waals surface area contributed by atoms with Crippen molar-refractivity contribution >= 4 is 39.9 Å². The van der Waals surface area contributed by atoms with Crippen LogP contribution in [-0.2, 0) is 4.79 Å². The Morgan fingerprint density at radius 3 is 2.74 bits per heavy atom. The molecule has 0 spiro atoms. The maximum atomic E-state index is 12.8. The molecular weight excluding hydrogens is 334 g/mol. The standard InChI is InChI=1S/C16H18ClN3O2S/c1-3-11(2)20(10-14(21)19-16-18-8-9-23-16)15(22)12-6-4-5-7-13(12)17/h4-9,11H,3,10H2,1-2H3,(H,18,19,21)/t11-/m1/s1. The summed E-state index contributed by atoms with van der Waals surface area (Å²) in [4.78, 5) is 30.5. The first kappa shape index (κ1) is 17.4. The van der Waals surface area contributed by atoms with E-state index in [1.165, 1.54) is 16.2 Å². The van der Waals surface area contributed by atoms with Gasteiger partial charge < -0.3 is 10.2 Å². The number of carbonyl (C=O) groups is 2. The highest BCUT2D eigenvalue weighted by Crippen LogP contribution is 2.19. The summed E-state index contributed by atoms with van der Waals surface area (Å²) in [7, 11) is 0. The molecule has 1 heterocycles. The molecule has 0 aliphatic heterocycles. The molecule has 7 heteroatoms. The van der Waals surface area contributed by atoms with Gasteiger partial charge in [0.1, 0.15) is 6.54 Å². The van der Waals surface area contributed by atoms with E-state index in [0.717, 1.165) is 6.42 Å². The van der Waals surface area contributed by atoms with E-state index >= 15 is 0 Å². The van der Waals surface area contributed by atoms with E-state index in [-0.39, 0.29) is 24.4 Å². The Morgan fingerprint density at radius 1 is 1.39 bits per heavy atom. The molecule has 0 unspecified atom stereocenters. The molecule has 1 aromatic carbocycles. The fourth-order valence-electron chi connectivity index (χ4n) is 2.04. The molecule has 0 bridgehead atoms. The topological polar surface area (TPSA) is 62.3 Å². The normalized spacial score (nSPS) is 11.8. The Balaban J connectivity index is 2.15. The molecule has 5 nitrogen and oxygen atoms in total. The first-order valence-electron chi connectivity index (χ1n) is 7.27. The predicted octanol–water partition coefficient (Wildman–Crippen LogP) is 3.68. The molecule has 0 aliphatic carbocycles. The predicted molar refractivity (Wildman–Crippen MR) is 93.0 cm³/mol. The van der Waals surface area contributed by atoms with Crippen LogP contribution in [0.15, 0.2) is 35.8 Å². The van der Waals surface area contributed by atoms with Gasteiger partial charge in [0.05, 0.1) is 10.6 Å². The van der Waals surface area contributed by atoms with Crippen molar-refractivity contribution in [3.63, 3.8) is 0 Å². The van der Waals surface area contributed by atoms with Crippen LogP contribution in [0.3, 0.4) is 0 Å². The molecule has 0 saturated carbocycles. The molecule has 1 atom stereocenters. The highest BCUT2D eigenvalue weighted by molar-refractivity contribution is 7.13. The van der Waals surface area contributed by atoms with Crippen molar-refractivity contribution < 1.29 is 9.59 Å². The highest BCUT2D eigenvalue weighted by atomic mass is 35.5. The van der Waals surface area contributed by atoms with E-state index in [9.17, 15) is 9.59 Å². The molecule has 122 valence electrons. The van der Waals surface area contributed by atoms with Gasteiger partial charge in [0.15, 0.2) is 5.13 Å². The van der Waals surface area contributed by atoms with Gasteiger partial charge in [-0.1, -0.05) is 30.7 Å². The molecule has 0 aliphatic rings. The monoisotopic (exact) mass is 351 g/mol. The van der Waals surface area contributed by atoms with Crippen molar-refractivity contribution in [3.8, 4) is 0 Å². The second-order valence-electron chi connectivity index (χ2n) is 5.06. The average Bonchev–Trinajstić information content (AvgIpc) is 3.04. The zero-order chi connectivity index (χ0) is 16.8. The van der Waals surface area contributed by atoms with Crippen molar-refractivity contribution in [1.82, 2.24) is 9.88 Å². The zero-order valence-electron chi connectivity index (χ0n) is 13.0. The van der Waals surface area contributed by atoms with Gasteiger partial charge in [-0.15, -0.1) is 11.3 Å². The number of thiazole rings is 1. The number of nitrogens with zero attached hydrogens (tertiary/aromatic N) is 2. The molecular formula is C16H18ClN3O2S. The minimum atomic E-state index is -0.277. The van der Waals surface area contributed by atoms with Crippen molar-refractivity contribution in [1.29, 1.82) is 0 Å². The largest absolute Gasteiger partial charge is 0.327 e. The first-order valence-corrected chi connectivity index (χ1v) is 8.53. The zero-order valence-corrected chi connectivity index (χ0v) is 14.5. The maximum absolute atomic E-state index is 12.8. The van der Waals surface area contributed by atoms with Gasteiger partial charge in [-0.25, -0.2) is 4.98 Å². The van der Waals surface area contributed by atoms with Crippen LogP contribution < -0.4 is 5.32 Å². The van der Waals surface area contributed by atoms with Crippen LogP contribution >= 0.6 is 22.9 Å². The average molecular weight is 352 g/mol. The van der Waals surface area contributed by atoms with Gasteiger partial charge in [-0.3, -0.25) is 9.59 Å².